The van der Waals surface area contributed by atoms with Gasteiger partial charge in [0.1, 0.15) is 0 Å². The van der Waals surface area contributed by atoms with Gasteiger partial charge < -0.3 is 14.9 Å². The molecule has 6 nitrogen and oxygen atoms in total. The molecule has 0 amide bonds. The number of ether oxygens (including phenoxy) is 1. The fourth-order valence-corrected chi connectivity index (χ4v) is 0.0833. The monoisotopic (exact) mass is 244 g/mol. The van der Waals surface area contributed by atoms with Crippen LogP contribution in [-0.4, -0.2) is 35.2 Å². The van der Waals surface area contributed by atoms with Crippen molar-refractivity contribution in [3.8, 4) is 0 Å². The largest absolute Gasteiger partial charge is 0.478 e. The fraction of sp³-hybridized carbons (Fsp3) is 0.182. The second kappa shape index (κ2) is 13.6. The normalized spacial score (nSPS) is 6.94. The van der Waals surface area contributed by atoms with Crippen LogP contribution in [0.4, 0.5) is 0 Å². The summed E-state index contributed by atoms with van der Waals surface area (Å²) in [5, 5.41) is 15.5. The minimum absolute atomic E-state index is 0.176. The van der Waals surface area contributed by atoms with Crippen molar-refractivity contribution in [2.75, 3.05) is 7.11 Å². The third-order valence-corrected chi connectivity index (χ3v) is 0.908. The number of esters is 1. The maximum absolute atomic E-state index is 9.84. The lowest BCUT2D eigenvalue weighted by Gasteiger charge is -1.83. The van der Waals surface area contributed by atoms with Crippen LogP contribution in [0.1, 0.15) is 6.92 Å². The Morgan fingerprint density at radius 3 is 1.41 bits per heavy atom. The Balaban J connectivity index is -0.000000174. The van der Waals surface area contributed by atoms with Crippen LogP contribution < -0.4 is 0 Å². The Labute approximate surface area is 99.5 Å². The Hall–Kier alpha value is -2.37. The molecular formula is C11H16O6. The minimum atomic E-state index is -0.981. The molecule has 2 N–H and O–H groups in total. The molecule has 96 valence electrons. The van der Waals surface area contributed by atoms with Gasteiger partial charge in [-0.2, -0.15) is 0 Å². The molecule has 0 aromatic heterocycles. The molecule has 0 aliphatic rings. The average Bonchev–Trinajstić information content (AvgIpc) is 2.29. The maximum atomic E-state index is 9.84. The van der Waals surface area contributed by atoms with E-state index in [9.17, 15) is 14.4 Å². The molecule has 0 unspecified atom stereocenters. The molecule has 0 aromatic rings. The molecule has 0 saturated heterocycles. The number of methoxy groups -OCH3 is 1. The number of hydrogen-bond donors (Lipinski definition) is 2. The quantitative estimate of drug-likeness (QED) is 0.572. The molecule has 0 spiro atoms. The standard InChI is InChI=1S/2C4H6O2.C3H4O2/c1-3-4(5)6-2;1-3(2)4(5)6;1-2-3(4)5/h3H,1H2,2H3;1H2,2H3,(H,5,6);2H,1H2,(H,4,5). The van der Waals surface area contributed by atoms with Crippen molar-refractivity contribution in [1.29, 1.82) is 0 Å². The highest BCUT2D eigenvalue weighted by Gasteiger charge is 1.90. The van der Waals surface area contributed by atoms with E-state index < -0.39 is 17.9 Å². The van der Waals surface area contributed by atoms with E-state index in [4.69, 9.17) is 10.2 Å². The first-order valence-electron chi connectivity index (χ1n) is 4.17. The van der Waals surface area contributed by atoms with Crippen molar-refractivity contribution in [2.24, 2.45) is 0 Å². The van der Waals surface area contributed by atoms with Crippen LogP contribution >= 0.6 is 0 Å². The van der Waals surface area contributed by atoms with Gasteiger partial charge in [-0.1, -0.05) is 19.7 Å². The first-order chi connectivity index (χ1) is 7.72. The average molecular weight is 244 g/mol. The van der Waals surface area contributed by atoms with Crippen molar-refractivity contribution >= 4 is 17.9 Å². The first kappa shape index (κ1) is 20.1. The molecular weight excluding hydrogens is 228 g/mol. The lowest BCUT2D eigenvalue weighted by atomic mass is 10.4. The van der Waals surface area contributed by atoms with E-state index in [1.165, 1.54) is 14.0 Å². The van der Waals surface area contributed by atoms with Gasteiger partial charge in [0.25, 0.3) is 0 Å². The summed E-state index contributed by atoms with van der Waals surface area (Å²) in [6.07, 6.45) is 1.94. The highest BCUT2D eigenvalue weighted by atomic mass is 16.5. The van der Waals surface area contributed by atoms with Crippen molar-refractivity contribution in [2.45, 2.75) is 6.92 Å². The third-order valence-electron chi connectivity index (χ3n) is 0.908. The van der Waals surface area contributed by atoms with E-state index in [1.54, 1.807) is 0 Å². The van der Waals surface area contributed by atoms with E-state index >= 15 is 0 Å². The van der Waals surface area contributed by atoms with E-state index in [0.717, 1.165) is 12.2 Å². The van der Waals surface area contributed by atoms with Crippen LogP contribution in [0.5, 0.6) is 0 Å². The van der Waals surface area contributed by atoms with Gasteiger partial charge in [-0.25, -0.2) is 14.4 Å². The SMILES string of the molecule is C=C(C)C(=O)O.C=CC(=O)O.C=CC(=O)OC. The number of carbonyl (C=O) groups excluding carboxylic acids is 1. The fourth-order valence-electron chi connectivity index (χ4n) is 0.0833. The highest BCUT2D eigenvalue weighted by molar-refractivity contribution is 5.84. The minimum Gasteiger partial charge on any atom is -0.478 e. The summed E-state index contributed by atoms with van der Waals surface area (Å²) in [6, 6.07) is 0. The third kappa shape index (κ3) is 31.7. The summed E-state index contributed by atoms with van der Waals surface area (Å²) < 4.78 is 4.14. The number of hydrogen-bond acceptors (Lipinski definition) is 4. The Kier molecular flexibility index (Phi) is 16.1. The molecule has 0 aliphatic heterocycles. The van der Waals surface area contributed by atoms with Crippen LogP contribution in [0.3, 0.4) is 0 Å². The maximum Gasteiger partial charge on any atom is 0.330 e. The number of aliphatic carboxylic acids is 2. The molecule has 0 atom stereocenters. The number of carboxylic acid groups (broad SMARTS) is 2. The zero-order valence-electron chi connectivity index (χ0n) is 9.80. The molecule has 0 radical (unpaired) electrons. The van der Waals surface area contributed by atoms with Crippen molar-refractivity contribution in [3.63, 3.8) is 0 Å². The summed E-state index contributed by atoms with van der Waals surface area (Å²) in [5.74, 6) is -2.31. The highest BCUT2D eigenvalue weighted by Crippen LogP contribution is 1.81. The van der Waals surface area contributed by atoms with Crippen molar-refractivity contribution < 1.29 is 29.3 Å². The molecule has 0 saturated carbocycles. The Morgan fingerprint density at radius 2 is 1.41 bits per heavy atom. The van der Waals surface area contributed by atoms with Crippen LogP contribution in [0.2, 0.25) is 0 Å². The zero-order valence-corrected chi connectivity index (χ0v) is 9.80. The molecule has 17 heavy (non-hydrogen) atoms. The number of carboxylic acids is 2. The molecule has 0 aromatic carbocycles. The lowest BCUT2D eigenvalue weighted by Crippen LogP contribution is -1.92. The van der Waals surface area contributed by atoms with Crippen LogP contribution in [0.15, 0.2) is 37.5 Å². The van der Waals surface area contributed by atoms with Crippen molar-refractivity contribution in [3.05, 3.63) is 37.5 Å². The summed E-state index contributed by atoms with van der Waals surface area (Å²) in [5.41, 5.74) is 0.176. The molecule has 0 rings (SSSR count). The summed E-state index contributed by atoms with van der Waals surface area (Å²) >= 11 is 0. The summed E-state index contributed by atoms with van der Waals surface area (Å²) in [6.45, 7) is 10.7. The Bertz CT molecular complexity index is 288. The van der Waals surface area contributed by atoms with Gasteiger partial charge in [0.2, 0.25) is 0 Å². The van der Waals surface area contributed by atoms with E-state index in [2.05, 4.69) is 24.5 Å². The lowest BCUT2D eigenvalue weighted by molar-refractivity contribution is -0.135. The molecule has 0 heterocycles. The van der Waals surface area contributed by atoms with Gasteiger partial charge in [0.05, 0.1) is 7.11 Å². The second-order valence-electron chi connectivity index (χ2n) is 2.36. The van der Waals surface area contributed by atoms with Crippen LogP contribution in [-0.2, 0) is 19.1 Å². The predicted molar refractivity (Wildman–Crippen MR) is 62.5 cm³/mol. The Morgan fingerprint density at radius 1 is 1.12 bits per heavy atom. The van der Waals surface area contributed by atoms with E-state index in [1.807, 2.05) is 0 Å². The van der Waals surface area contributed by atoms with Gasteiger partial charge in [0.15, 0.2) is 0 Å². The zero-order chi connectivity index (χ0) is 14.4. The van der Waals surface area contributed by atoms with Gasteiger partial charge in [-0.3, -0.25) is 0 Å². The van der Waals surface area contributed by atoms with Gasteiger partial charge in [-0.05, 0) is 6.92 Å². The summed E-state index contributed by atoms with van der Waals surface area (Å²) in [7, 11) is 1.31. The van der Waals surface area contributed by atoms with Gasteiger partial charge in [0, 0.05) is 17.7 Å². The first-order valence-corrected chi connectivity index (χ1v) is 4.17. The smallest absolute Gasteiger partial charge is 0.330 e. The van der Waals surface area contributed by atoms with Gasteiger partial charge in [-0.15, -0.1) is 0 Å². The number of carbonyl (C=O) groups is 3. The predicted octanol–water partition coefficient (Wildman–Crippen LogP) is 1.25. The second-order valence-corrected chi connectivity index (χ2v) is 2.36. The topological polar surface area (TPSA) is 101 Å². The molecule has 0 bridgehead atoms. The van der Waals surface area contributed by atoms with Crippen LogP contribution in [0, 0.1) is 0 Å². The molecule has 6 heteroatoms. The van der Waals surface area contributed by atoms with Crippen molar-refractivity contribution in [1.82, 2.24) is 0 Å². The summed E-state index contributed by atoms with van der Waals surface area (Å²) in [4.78, 5) is 28.7. The van der Waals surface area contributed by atoms with E-state index in [0.29, 0.717) is 0 Å². The van der Waals surface area contributed by atoms with E-state index in [-0.39, 0.29) is 5.57 Å². The molecule has 0 fully saturated rings. The molecule has 0 aliphatic carbocycles. The van der Waals surface area contributed by atoms with Gasteiger partial charge >= 0.3 is 17.9 Å². The number of rotatable bonds is 3. The van der Waals surface area contributed by atoms with Crippen LogP contribution in [0.25, 0.3) is 0 Å².